The Labute approximate surface area is 143 Å². The number of carbonyl (C=O) groups excluding carboxylic acids is 1. The van der Waals surface area contributed by atoms with Gasteiger partial charge in [0.15, 0.2) is 0 Å². The van der Waals surface area contributed by atoms with E-state index < -0.39 is 5.97 Å². The van der Waals surface area contributed by atoms with Gasteiger partial charge in [-0.25, -0.2) is 4.79 Å². The fourth-order valence-electron chi connectivity index (χ4n) is 3.74. The van der Waals surface area contributed by atoms with E-state index in [1.807, 2.05) is 4.90 Å². The first-order valence-corrected chi connectivity index (χ1v) is 9.17. The first kappa shape index (κ1) is 15.7. The van der Waals surface area contributed by atoms with Gasteiger partial charge in [0.05, 0.1) is 22.4 Å². The van der Waals surface area contributed by atoms with E-state index in [0.29, 0.717) is 24.3 Å². The summed E-state index contributed by atoms with van der Waals surface area (Å²) in [5.41, 5.74) is 1.08. The Morgan fingerprint density at radius 2 is 2.12 bits per heavy atom. The molecule has 4 heterocycles. The molecule has 2 fully saturated rings. The number of H-pyrrole nitrogens is 1. The molecular weight excluding hydrogens is 328 g/mol. The minimum Gasteiger partial charge on any atom is -0.477 e. The third-order valence-corrected chi connectivity index (χ3v) is 6.11. The van der Waals surface area contributed by atoms with Gasteiger partial charge in [-0.2, -0.15) is 0 Å². The molecular formula is C17H20N2O4S. The molecule has 4 rings (SSSR count). The predicted octanol–water partition coefficient (Wildman–Crippen LogP) is 3.10. The normalized spacial score (nSPS) is 24.6. The highest BCUT2D eigenvalue weighted by Crippen LogP contribution is 2.34. The molecule has 0 saturated carbocycles. The van der Waals surface area contributed by atoms with E-state index >= 15 is 0 Å². The van der Waals surface area contributed by atoms with Crippen LogP contribution in [0.25, 0.3) is 10.2 Å². The Bertz CT molecular complexity index is 754. The fourth-order valence-corrected chi connectivity index (χ4v) is 4.64. The van der Waals surface area contributed by atoms with Crippen molar-refractivity contribution in [1.82, 2.24) is 9.88 Å². The minimum absolute atomic E-state index is 0.0278. The molecule has 24 heavy (non-hydrogen) atoms. The standard InChI is InChI=1S/C17H20N2O4S/c20-15(12-9-13-11(18-12)8-14(24-13)16(21)22)19-6-5-17(10-19)4-2-1-3-7-23-17/h8-9,18H,1-7,10H2,(H,21,22). The van der Waals surface area contributed by atoms with Gasteiger partial charge in [-0.1, -0.05) is 12.8 Å². The van der Waals surface area contributed by atoms with Crippen LogP contribution in [0.15, 0.2) is 12.1 Å². The maximum atomic E-state index is 12.8. The Kier molecular flexibility index (Phi) is 3.85. The number of likely N-dealkylation sites (tertiary alicyclic amines) is 1. The molecule has 2 aromatic rings. The molecule has 2 N–H and O–H groups in total. The third kappa shape index (κ3) is 2.71. The number of aromatic amines is 1. The maximum Gasteiger partial charge on any atom is 0.345 e. The van der Waals surface area contributed by atoms with Gasteiger partial charge in [-0.05, 0) is 31.4 Å². The minimum atomic E-state index is -0.940. The summed E-state index contributed by atoms with van der Waals surface area (Å²) in [7, 11) is 0. The number of carboxylic acids is 1. The molecule has 2 aliphatic rings. The van der Waals surface area contributed by atoms with Crippen LogP contribution in [0, 0.1) is 0 Å². The maximum absolute atomic E-state index is 12.8. The van der Waals surface area contributed by atoms with E-state index in [1.165, 1.54) is 17.8 Å². The van der Waals surface area contributed by atoms with Crippen LogP contribution in [0.5, 0.6) is 0 Å². The van der Waals surface area contributed by atoms with Gasteiger partial charge < -0.3 is 19.7 Å². The Morgan fingerprint density at radius 1 is 1.25 bits per heavy atom. The SMILES string of the molecule is O=C(O)c1cc2[nH]c(C(=O)N3CCC4(CCCCCO4)C3)cc2s1. The van der Waals surface area contributed by atoms with Crippen molar-refractivity contribution < 1.29 is 19.4 Å². The highest BCUT2D eigenvalue weighted by molar-refractivity contribution is 7.20. The molecule has 0 aromatic carbocycles. The molecule has 1 spiro atoms. The lowest BCUT2D eigenvalue weighted by atomic mass is 9.96. The highest BCUT2D eigenvalue weighted by Gasteiger charge is 2.41. The van der Waals surface area contributed by atoms with Crippen LogP contribution in [0.3, 0.4) is 0 Å². The molecule has 2 saturated heterocycles. The van der Waals surface area contributed by atoms with Gasteiger partial charge in [0.2, 0.25) is 0 Å². The van der Waals surface area contributed by atoms with Crippen molar-refractivity contribution in [2.75, 3.05) is 19.7 Å². The largest absolute Gasteiger partial charge is 0.477 e. The summed E-state index contributed by atoms with van der Waals surface area (Å²) in [5, 5.41) is 9.03. The number of thiophene rings is 1. The second-order valence-corrected chi connectivity index (χ2v) is 7.78. The number of hydrogen-bond acceptors (Lipinski definition) is 4. The number of ether oxygens (including phenoxy) is 1. The van der Waals surface area contributed by atoms with Gasteiger partial charge in [0, 0.05) is 13.2 Å². The smallest absolute Gasteiger partial charge is 0.345 e. The van der Waals surface area contributed by atoms with Crippen LogP contribution in [0.2, 0.25) is 0 Å². The lowest BCUT2D eigenvalue weighted by Gasteiger charge is -2.27. The molecule has 6 nitrogen and oxygen atoms in total. The Morgan fingerprint density at radius 3 is 2.92 bits per heavy atom. The molecule has 2 aliphatic heterocycles. The number of amides is 1. The Balaban J connectivity index is 1.51. The van der Waals surface area contributed by atoms with Crippen LogP contribution in [0.1, 0.15) is 52.3 Å². The average molecular weight is 348 g/mol. The van der Waals surface area contributed by atoms with Crippen molar-refractivity contribution in [2.24, 2.45) is 0 Å². The van der Waals surface area contributed by atoms with E-state index in [2.05, 4.69) is 4.98 Å². The van der Waals surface area contributed by atoms with Crippen molar-refractivity contribution in [1.29, 1.82) is 0 Å². The van der Waals surface area contributed by atoms with Gasteiger partial charge in [0.1, 0.15) is 10.6 Å². The zero-order valence-corrected chi connectivity index (χ0v) is 14.2. The van der Waals surface area contributed by atoms with E-state index in [9.17, 15) is 9.59 Å². The molecule has 7 heteroatoms. The van der Waals surface area contributed by atoms with Gasteiger partial charge >= 0.3 is 5.97 Å². The van der Waals surface area contributed by atoms with Crippen LogP contribution < -0.4 is 0 Å². The third-order valence-electron chi connectivity index (χ3n) is 5.04. The topological polar surface area (TPSA) is 82.6 Å². The predicted molar refractivity (Wildman–Crippen MR) is 90.8 cm³/mol. The summed E-state index contributed by atoms with van der Waals surface area (Å²) < 4.78 is 6.89. The summed E-state index contributed by atoms with van der Waals surface area (Å²) >= 11 is 1.18. The number of aromatic nitrogens is 1. The van der Waals surface area contributed by atoms with Crippen LogP contribution in [-0.4, -0.2) is 52.2 Å². The molecule has 0 aliphatic carbocycles. The second-order valence-electron chi connectivity index (χ2n) is 6.70. The Hall–Kier alpha value is -1.86. The molecule has 128 valence electrons. The van der Waals surface area contributed by atoms with E-state index in [4.69, 9.17) is 9.84 Å². The van der Waals surface area contributed by atoms with Gasteiger partial charge in [-0.15, -0.1) is 11.3 Å². The van der Waals surface area contributed by atoms with Crippen molar-refractivity contribution in [2.45, 2.75) is 37.7 Å². The lowest BCUT2D eigenvalue weighted by molar-refractivity contribution is -0.0327. The van der Waals surface area contributed by atoms with Crippen molar-refractivity contribution >= 4 is 33.4 Å². The van der Waals surface area contributed by atoms with Crippen molar-refractivity contribution in [3.05, 3.63) is 22.7 Å². The number of carbonyl (C=O) groups is 2. The number of nitrogens with zero attached hydrogens (tertiary/aromatic N) is 1. The van der Waals surface area contributed by atoms with Crippen LogP contribution in [0.4, 0.5) is 0 Å². The summed E-state index contributed by atoms with van der Waals surface area (Å²) in [4.78, 5) is 29.0. The van der Waals surface area contributed by atoms with Crippen molar-refractivity contribution in [3.8, 4) is 0 Å². The monoisotopic (exact) mass is 348 g/mol. The molecule has 0 bridgehead atoms. The zero-order chi connectivity index (χ0) is 16.7. The quantitative estimate of drug-likeness (QED) is 0.874. The lowest BCUT2D eigenvalue weighted by Crippen LogP contribution is -2.38. The van der Waals surface area contributed by atoms with Crippen LogP contribution in [-0.2, 0) is 4.74 Å². The molecule has 1 atom stereocenters. The van der Waals surface area contributed by atoms with Gasteiger partial charge in [-0.3, -0.25) is 4.79 Å². The number of nitrogens with one attached hydrogen (secondary N) is 1. The zero-order valence-electron chi connectivity index (χ0n) is 13.3. The van der Waals surface area contributed by atoms with Crippen molar-refractivity contribution in [3.63, 3.8) is 0 Å². The summed E-state index contributed by atoms with van der Waals surface area (Å²) in [6.45, 7) is 2.16. The number of fused-ring (bicyclic) bond motifs is 1. The van der Waals surface area contributed by atoms with E-state index in [0.717, 1.165) is 37.0 Å². The van der Waals surface area contributed by atoms with Gasteiger partial charge in [0.25, 0.3) is 5.91 Å². The molecule has 1 unspecified atom stereocenters. The summed E-state index contributed by atoms with van der Waals surface area (Å²) in [6.07, 6.45) is 5.40. The number of aromatic carboxylic acids is 1. The molecule has 0 radical (unpaired) electrons. The molecule has 1 amide bonds. The number of hydrogen-bond donors (Lipinski definition) is 2. The second kappa shape index (κ2) is 5.89. The summed E-state index contributed by atoms with van der Waals surface area (Å²) in [6, 6.07) is 3.34. The highest BCUT2D eigenvalue weighted by atomic mass is 32.1. The van der Waals surface area contributed by atoms with E-state index in [1.54, 1.807) is 12.1 Å². The fraction of sp³-hybridized carbons (Fsp3) is 0.529. The average Bonchev–Trinajstić information content (AvgIpc) is 3.18. The first-order valence-electron chi connectivity index (χ1n) is 8.35. The number of rotatable bonds is 2. The van der Waals surface area contributed by atoms with Crippen LogP contribution >= 0.6 is 11.3 Å². The molecule has 2 aromatic heterocycles. The van der Waals surface area contributed by atoms with E-state index in [-0.39, 0.29) is 16.4 Å². The first-order chi connectivity index (χ1) is 11.6. The summed E-state index contributed by atoms with van der Waals surface area (Å²) in [5.74, 6) is -0.968. The number of carboxylic acid groups (broad SMARTS) is 1.